The zero-order chi connectivity index (χ0) is 11.4. The summed E-state index contributed by atoms with van der Waals surface area (Å²) in [6, 6.07) is 15.0. The summed E-state index contributed by atoms with van der Waals surface area (Å²) in [5.41, 5.74) is 13.8. The molecule has 4 N–H and O–H groups in total. The molecule has 0 fully saturated rings. The third kappa shape index (κ3) is 2.67. The van der Waals surface area contributed by atoms with Crippen LogP contribution in [-0.4, -0.2) is 0 Å². The lowest BCUT2D eigenvalue weighted by atomic mass is 10.2. The zero-order valence-electron chi connectivity index (χ0n) is 8.89. The highest BCUT2D eigenvalue weighted by atomic mass is 16.5. The van der Waals surface area contributed by atoms with E-state index in [0.717, 1.165) is 22.7 Å². The molecule has 82 valence electrons. The molecule has 3 heteroatoms. The lowest BCUT2D eigenvalue weighted by Crippen LogP contribution is -1.96. The monoisotopic (exact) mass is 214 g/mol. The maximum Gasteiger partial charge on any atom is 0.119 e. The predicted molar refractivity (Wildman–Crippen MR) is 66.0 cm³/mol. The van der Waals surface area contributed by atoms with Gasteiger partial charge < -0.3 is 16.2 Å². The zero-order valence-corrected chi connectivity index (χ0v) is 8.89. The Morgan fingerprint density at radius 3 is 2.31 bits per heavy atom. The Morgan fingerprint density at radius 2 is 1.62 bits per heavy atom. The van der Waals surface area contributed by atoms with Crippen molar-refractivity contribution in [2.75, 3.05) is 11.5 Å². The first-order valence-corrected chi connectivity index (χ1v) is 5.07. The molecule has 0 saturated heterocycles. The van der Waals surface area contributed by atoms with Gasteiger partial charge in [-0.1, -0.05) is 12.1 Å². The van der Waals surface area contributed by atoms with Crippen molar-refractivity contribution in [3.63, 3.8) is 0 Å². The highest BCUT2D eigenvalue weighted by molar-refractivity contribution is 5.42. The standard InChI is InChI=1S/C13H14N2O/c14-11-4-6-13(7-5-11)16-9-10-2-1-3-12(15)8-10/h1-8H,9,14-15H2. The van der Waals surface area contributed by atoms with Crippen LogP contribution in [0, 0.1) is 0 Å². The Labute approximate surface area is 94.6 Å². The van der Waals surface area contributed by atoms with Gasteiger partial charge in [0, 0.05) is 11.4 Å². The average Bonchev–Trinajstić information content (AvgIpc) is 2.28. The van der Waals surface area contributed by atoms with Gasteiger partial charge in [-0.15, -0.1) is 0 Å². The minimum Gasteiger partial charge on any atom is -0.489 e. The number of benzene rings is 2. The van der Waals surface area contributed by atoms with Crippen LogP contribution in [0.5, 0.6) is 5.75 Å². The maximum atomic E-state index is 5.68. The summed E-state index contributed by atoms with van der Waals surface area (Å²) < 4.78 is 5.59. The fraction of sp³-hybridized carbons (Fsp3) is 0.0769. The Bertz CT molecular complexity index is 466. The molecule has 2 aromatic carbocycles. The third-order valence-electron chi connectivity index (χ3n) is 2.24. The second-order valence-electron chi connectivity index (χ2n) is 3.60. The van der Waals surface area contributed by atoms with Crippen molar-refractivity contribution in [1.82, 2.24) is 0 Å². The molecular formula is C13H14N2O. The molecule has 0 bridgehead atoms. The van der Waals surface area contributed by atoms with Crippen LogP contribution < -0.4 is 16.2 Å². The van der Waals surface area contributed by atoms with E-state index in [1.807, 2.05) is 48.5 Å². The van der Waals surface area contributed by atoms with Crippen molar-refractivity contribution in [2.24, 2.45) is 0 Å². The van der Waals surface area contributed by atoms with Gasteiger partial charge in [0.05, 0.1) is 0 Å². The number of hydrogen-bond donors (Lipinski definition) is 2. The molecule has 16 heavy (non-hydrogen) atoms. The van der Waals surface area contributed by atoms with E-state index in [0.29, 0.717) is 6.61 Å². The first-order chi connectivity index (χ1) is 7.74. The summed E-state index contributed by atoms with van der Waals surface area (Å²) >= 11 is 0. The number of anilines is 2. The van der Waals surface area contributed by atoms with E-state index >= 15 is 0 Å². The molecule has 2 aromatic rings. The molecule has 0 unspecified atom stereocenters. The Balaban J connectivity index is 1.99. The van der Waals surface area contributed by atoms with Gasteiger partial charge in [-0.3, -0.25) is 0 Å². The van der Waals surface area contributed by atoms with E-state index in [1.54, 1.807) is 0 Å². The lowest BCUT2D eigenvalue weighted by Gasteiger charge is -2.06. The summed E-state index contributed by atoms with van der Waals surface area (Å²) in [7, 11) is 0. The predicted octanol–water partition coefficient (Wildman–Crippen LogP) is 2.43. The fourth-order valence-corrected chi connectivity index (χ4v) is 1.41. The molecule has 0 saturated carbocycles. The Morgan fingerprint density at radius 1 is 0.875 bits per heavy atom. The molecule has 0 spiro atoms. The van der Waals surface area contributed by atoms with Gasteiger partial charge in [-0.05, 0) is 42.0 Å². The van der Waals surface area contributed by atoms with E-state index in [4.69, 9.17) is 16.2 Å². The van der Waals surface area contributed by atoms with E-state index in [9.17, 15) is 0 Å². The largest absolute Gasteiger partial charge is 0.489 e. The van der Waals surface area contributed by atoms with Crippen LogP contribution in [-0.2, 0) is 6.61 Å². The van der Waals surface area contributed by atoms with Gasteiger partial charge in [0.25, 0.3) is 0 Å². The Hall–Kier alpha value is -2.16. The summed E-state index contributed by atoms with van der Waals surface area (Å²) in [5, 5.41) is 0. The van der Waals surface area contributed by atoms with Gasteiger partial charge in [-0.2, -0.15) is 0 Å². The van der Waals surface area contributed by atoms with Crippen LogP contribution in [0.2, 0.25) is 0 Å². The van der Waals surface area contributed by atoms with Crippen molar-refractivity contribution < 1.29 is 4.74 Å². The molecule has 0 aromatic heterocycles. The second kappa shape index (κ2) is 4.57. The van der Waals surface area contributed by atoms with Crippen molar-refractivity contribution in [2.45, 2.75) is 6.61 Å². The van der Waals surface area contributed by atoms with Crippen LogP contribution in [0.15, 0.2) is 48.5 Å². The van der Waals surface area contributed by atoms with Gasteiger partial charge in [0.2, 0.25) is 0 Å². The van der Waals surface area contributed by atoms with Gasteiger partial charge in [0.1, 0.15) is 12.4 Å². The summed E-state index contributed by atoms with van der Waals surface area (Å²) in [5.74, 6) is 0.802. The highest BCUT2D eigenvalue weighted by Crippen LogP contribution is 2.15. The molecule has 0 aliphatic rings. The number of nitrogen functional groups attached to an aromatic ring is 2. The van der Waals surface area contributed by atoms with Crippen LogP contribution in [0.1, 0.15) is 5.56 Å². The van der Waals surface area contributed by atoms with Crippen molar-refractivity contribution in [1.29, 1.82) is 0 Å². The van der Waals surface area contributed by atoms with Crippen molar-refractivity contribution in [3.8, 4) is 5.75 Å². The topological polar surface area (TPSA) is 61.3 Å². The van der Waals surface area contributed by atoms with E-state index < -0.39 is 0 Å². The minimum atomic E-state index is 0.509. The summed E-state index contributed by atoms with van der Waals surface area (Å²) in [6.45, 7) is 0.509. The van der Waals surface area contributed by atoms with Crippen molar-refractivity contribution in [3.05, 3.63) is 54.1 Å². The summed E-state index contributed by atoms with van der Waals surface area (Å²) in [6.07, 6.45) is 0. The number of rotatable bonds is 3. The minimum absolute atomic E-state index is 0.509. The number of ether oxygens (including phenoxy) is 1. The fourth-order valence-electron chi connectivity index (χ4n) is 1.41. The first kappa shape index (κ1) is 10.4. The molecule has 0 amide bonds. The molecular weight excluding hydrogens is 200 g/mol. The smallest absolute Gasteiger partial charge is 0.119 e. The van der Waals surface area contributed by atoms with Crippen LogP contribution in [0.4, 0.5) is 11.4 Å². The molecule has 3 nitrogen and oxygen atoms in total. The third-order valence-corrected chi connectivity index (χ3v) is 2.24. The molecule has 0 heterocycles. The van der Waals surface area contributed by atoms with E-state index in [1.165, 1.54) is 0 Å². The number of nitrogens with two attached hydrogens (primary N) is 2. The summed E-state index contributed by atoms with van der Waals surface area (Å²) in [4.78, 5) is 0. The van der Waals surface area contributed by atoms with E-state index in [-0.39, 0.29) is 0 Å². The van der Waals surface area contributed by atoms with Gasteiger partial charge in [0.15, 0.2) is 0 Å². The normalized spacial score (nSPS) is 10.0. The van der Waals surface area contributed by atoms with E-state index in [2.05, 4.69) is 0 Å². The second-order valence-corrected chi connectivity index (χ2v) is 3.60. The van der Waals surface area contributed by atoms with Crippen LogP contribution in [0.3, 0.4) is 0 Å². The SMILES string of the molecule is Nc1ccc(OCc2cccc(N)c2)cc1. The maximum absolute atomic E-state index is 5.68. The molecule has 2 rings (SSSR count). The quantitative estimate of drug-likeness (QED) is 0.771. The van der Waals surface area contributed by atoms with Crippen LogP contribution in [0.25, 0.3) is 0 Å². The average molecular weight is 214 g/mol. The number of hydrogen-bond acceptors (Lipinski definition) is 3. The van der Waals surface area contributed by atoms with Gasteiger partial charge >= 0.3 is 0 Å². The highest BCUT2D eigenvalue weighted by Gasteiger charge is 1.96. The molecule has 0 atom stereocenters. The molecule has 0 aliphatic carbocycles. The van der Waals surface area contributed by atoms with Gasteiger partial charge in [-0.25, -0.2) is 0 Å². The first-order valence-electron chi connectivity index (χ1n) is 5.07. The van der Waals surface area contributed by atoms with Crippen molar-refractivity contribution >= 4 is 11.4 Å². The molecule has 0 aliphatic heterocycles. The lowest BCUT2D eigenvalue weighted by molar-refractivity contribution is 0.306. The van der Waals surface area contributed by atoms with Crippen LogP contribution >= 0.6 is 0 Å². The Kier molecular flexibility index (Phi) is 2.96. The molecule has 0 radical (unpaired) electrons.